The fraction of sp³-hybridized carbons (Fsp3) is 0.615. The molecule has 16 heavy (non-hydrogen) atoms. The van der Waals surface area contributed by atoms with E-state index in [1.165, 1.54) is 42.0 Å². The van der Waals surface area contributed by atoms with E-state index < -0.39 is 0 Å². The zero-order chi connectivity index (χ0) is 11.0. The van der Waals surface area contributed by atoms with Crippen LogP contribution in [0.15, 0.2) is 18.3 Å². The van der Waals surface area contributed by atoms with Gasteiger partial charge < -0.3 is 5.73 Å². The molecule has 0 radical (unpaired) electrons. The van der Waals surface area contributed by atoms with E-state index in [1.807, 2.05) is 12.3 Å². The van der Waals surface area contributed by atoms with Crippen molar-refractivity contribution in [1.29, 1.82) is 0 Å². The van der Waals surface area contributed by atoms with Crippen LogP contribution in [0, 0.1) is 5.92 Å². The van der Waals surface area contributed by atoms with Gasteiger partial charge in [0.25, 0.3) is 0 Å². The Morgan fingerprint density at radius 3 is 3.19 bits per heavy atom. The molecule has 2 heterocycles. The lowest BCUT2D eigenvalue weighted by Crippen LogP contribution is -2.35. The maximum Gasteiger partial charge on any atom is 0.0482 e. The van der Waals surface area contributed by atoms with E-state index in [9.17, 15) is 0 Å². The quantitative estimate of drug-likeness (QED) is 0.852. The van der Waals surface area contributed by atoms with Gasteiger partial charge in [0.1, 0.15) is 0 Å². The van der Waals surface area contributed by atoms with Crippen LogP contribution in [0.1, 0.15) is 30.0 Å². The van der Waals surface area contributed by atoms with E-state index in [1.54, 1.807) is 0 Å². The zero-order valence-corrected chi connectivity index (χ0v) is 10.2. The van der Waals surface area contributed by atoms with Crippen molar-refractivity contribution in [1.82, 2.24) is 4.98 Å². The number of hydrogen-bond acceptors (Lipinski definition) is 3. The first-order valence-corrected chi connectivity index (χ1v) is 7.29. The Kier molecular flexibility index (Phi) is 2.90. The Morgan fingerprint density at radius 2 is 2.38 bits per heavy atom. The van der Waals surface area contributed by atoms with Crippen molar-refractivity contribution in [2.45, 2.75) is 31.2 Å². The maximum atomic E-state index is 6.45. The predicted molar refractivity (Wildman–Crippen MR) is 68.7 cm³/mol. The fourth-order valence-corrected chi connectivity index (χ4v) is 4.33. The summed E-state index contributed by atoms with van der Waals surface area (Å²) in [7, 11) is 0. The minimum atomic E-state index is 0.325. The summed E-state index contributed by atoms with van der Waals surface area (Å²) in [6.45, 7) is 0. The fourth-order valence-electron chi connectivity index (χ4n) is 3.00. The molecule has 3 heteroatoms. The van der Waals surface area contributed by atoms with E-state index in [0.29, 0.717) is 17.9 Å². The normalized spacial score (nSPS) is 30.3. The first-order chi connectivity index (χ1) is 7.86. The summed E-state index contributed by atoms with van der Waals surface area (Å²) in [6, 6.07) is 4.57. The topological polar surface area (TPSA) is 38.9 Å². The van der Waals surface area contributed by atoms with Gasteiger partial charge in [0, 0.05) is 23.9 Å². The van der Waals surface area contributed by atoms with E-state index in [-0.39, 0.29) is 0 Å². The van der Waals surface area contributed by atoms with Crippen molar-refractivity contribution in [2.75, 3.05) is 11.5 Å². The summed E-state index contributed by atoms with van der Waals surface area (Å²) in [5, 5.41) is 0. The van der Waals surface area contributed by atoms with Gasteiger partial charge in [-0.2, -0.15) is 11.8 Å². The number of nitrogens with two attached hydrogens (primary N) is 1. The first kappa shape index (κ1) is 10.6. The van der Waals surface area contributed by atoms with Crippen molar-refractivity contribution < 1.29 is 0 Å². The van der Waals surface area contributed by atoms with Crippen LogP contribution in [0.5, 0.6) is 0 Å². The van der Waals surface area contributed by atoms with Gasteiger partial charge in [0.05, 0.1) is 0 Å². The van der Waals surface area contributed by atoms with Crippen molar-refractivity contribution in [3.63, 3.8) is 0 Å². The Morgan fingerprint density at radius 1 is 1.44 bits per heavy atom. The molecular formula is C13H18N2S. The molecule has 0 amide bonds. The Bertz CT molecular complexity index is 374. The minimum absolute atomic E-state index is 0.325. The summed E-state index contributed by atoms with van der Waals surface area (Å²) in [5.74, 6) is 3.77. The molecule has 3 rings (SSSR count). The van der Waals surface area contributed by atoms with Gasteiger partial charge in [-0.15, -0.1) is 0 Å². The summed E-state index contributed by atoms with van der Waals surface area (Å²) < 4.78 is 0. The maximum absolute atomic E-state index is 6.45. The van der Waals surface area contributed by atoms with Crippen LogP contribution in [0.3, 0.4) is 0 Å². The summed E-state index contributed by atoms with van der Waals surface area (Å²) >= 11 is 2.05. The highest BCUT2D eigenvalue weighted by atomic mass is 32.2. The average Bonchev–Trinajstić information content (AvgIpc) is 2.98. The molecule has 0 saturated carbocycles. The number of aryl methyl sites for hydroxylation is 1. The highest BCUT2D eigenvalue weighted by Crippen LogP contribution is 2.38. The highest BCUT2D eigenvalue weighted by Gasteiger charge is 2.34. The molecule has 3 atom stereocenters. The SMILES string of the molecule is NC(C1CCSC1)C1CCc2cccnc21. The number of aromatic nitrogens is 1. The molecule has 0 aromatic carbocycles. The lowest BCUT2D eigenvalue weighted by Gasteiger charge is -2.24. The zero-order valence-electron chi connectivity index (χ0n) is 9.43. The third kappa shape index (κ3) is 1.76. The third-order valence-electron chi connectivity index (χ3n) is 3.98. The molecule has 0 bridgehead atoms. The minimum Gasteiger partial charge on any atom is -0.327 e. The number of rotatable bonds is 2. The standard InChI is InChI=1S/C13H18N2S/c14-12(10-5-7-16-8-10)11-4-3-9-2-1-6-15-13(9)11/h1-2,6,10-12H,3-5,7-8,14H2. The van der Waals surface area contributed by atoms with Gasteiger partial charge in [-0.3, -0.25) is 4.98 Å². The second kappa shape index (κ2) is 4.38. The van der Waals surface area contributed by atoms with Gasteiger partial charge in [0.15, 0.2) is 0 Å². The summed E-state index contributed by atoms with van der Waals surface area (Å²) in [5.41, 5.74) is 9.15. The van der Waals surface area contributed by atoms with E-state index >= 15 is 0 Å². The molecule has 2 N–H and O–H groups in total. The van der Waals surface area contributed by atoms with Crippen LogP contribution in [0.25, 0.3) is 0 Å². The number of nitrogens with zero attached hydrogens (tertiary/aromatic N) is 1. The molecule has 1 fully saturated rings. The van der Waals surface area contributed by atoms with E-state index in [0.717, 1.165) is 0 Å². The average molecular weight is 234 g/mol. The molecule has 1 aromatic rings. The summed E-state index contributed by atoms with van der Waals surface area (Å²) in [6.07, 6.45) is 5.58. The van der Waals surface area contributed by atoms with Crippen LogP contribution in [-0.4, -0.2) is 22.5 Å². The molecular weight excluding hydrogens is 216 g/mol. The molecule has 3 unspecified atom stereocenters. The molecule has 2 nitrogen and oxygen atoms in total. The van der Waals surface area contributed by atoms with Crippen molar-refractivity contribution in [3.05, 3.63) is 29.6 Å². The van der Waals surface area contributed by atoms with Crippen LogP contribution in [-0.2, 0) is 6.42 Å². The van der Waals surface area contributed by atoms with Crippen LogP contribution in [0.2, 0.25) is 0 Å². The van der Waals surface area contributed by atoms with Crippen molar-refractivity contribution in [3.8, 4) is 0 Å². The van der Waals surface area contributed by atoms with Gasteiger partial charge in [0.2, 0.25) is 0 Å². The van der Waals surface area contributed by atoms with Crippen LogP contribution < -0.4 is 5.73 Å². The smallest absolute Gasteiger partial charge is 0.0482 e. The van der Waals surface area contributed by atoms with Gasteiger partial charge in [-0.25, -0.2) is 0 Å². The number of fused-ring (bicyclic) bond motifs is 1. The lowest BCUT2D eigenvalue weighted by molar-refractivity contribution is 0.392. The van der Waals surface area contributed by atoms with Gasteiger partial charge >= 0.3 is 0 Å². The molecule has 2 aliphatic rings. The monoisotopic (exact) mass is 234 g/mol. The summed E-state index contributed by atoms with van der Waals surface area (Å²) in [4.78, 5) is 4.55. The van der Waals surface area contributed by atoms with E-state index in [2.05, 4.69) is 22.8 Å². The molecule has 1 aliphatic heterocycles. The second-order valence-corrected chi connectivity index (χ2v) is 6.04. The van der Waals surface area contributed by atoms with Crippen LogP contribution in [0.4, 0.5) is 0 Å². The number of hydrogen-bond donors (Lipinski definition) is 1. The second-order valence-electron chi connectivity index (χ2n) is 4.89. The molecule has 86 valence electrons. The largest absolute Gasteiger partial charge is 0.327 e. The molecule has 1 aromatic heterocycles. The molecule has 1 saturated heterocycles. The Labute approximate surface area is 101 Å². The lowest BCUT2D eigenvalue weighted by atomic mass is 9.87. The first-order valence-electron chi connectivity index (χ1n) is 6.13. The highest BCUT2D eigenvalue weighted by molar-refractivity contribution is 7.99. The van der Waals surface area contributed by atoms with Crippen molar-refractivity contribution >= 4 is 11.8 Å². The predicted octanol–water partition coefficient (Wildman–Crippen LogP) is 2.19. The number of thioether (sulfide) groups is 1. The Balaban J connectivity index is 1.81. The third-order valence-corrected chi connectivity index (χ3v) is 5.16. The molecule has 1 aliphatic carbocycles. The van der Waals surface area contributed by atoms with E-state index in [4.69, 9.17) is 5.73 Å². The Hall–Kier alpha value is -0.540. The van der Waals surface area contributed by atoms with Gasteiger partial charge in [-0.1, -0.05) is 6.07 Å². The van der Waals surface area contributed by atoms with Crippen molar-refractivity contribution in [2.24, 2.45) is 11.7 Å². The number of pyridine rings is 1. The molecule has 0 spiro atoms. The van der Waals surface area contributed by atoms with Crippen LogP contribution >= 0.6 is 11.8 Å². The van der Waals surface area contributed by atoms with Gasteiger partial charge in [-0.05, 0) is 48.3 Å².